The molecule has 2 rings (SSSR count). The number of nitrogens with zero attached hydrogens (tertiary/aromatic N) is 4. The molecule has 9 nitrogen and oxygen atoms in total. The number of anilines is 1. The highest BCUT2D eigenvalue weighted by Crippen LogP contribution is 2.14. The fourth-order valence-corrected chi connectivity index (χ4v) is 2.36. The van der Waals surface area contributed by atoms with E-state index in [1.165, 1.54) is 7.05 Å². The summed E-state index contributed by atoms with van der Waals surface area (Å²) in [6.45, 7) is 3.19. The molecule has 0 atom stereocenters. The number of carbonyl (C=O) groups excluding carboxylic acids is 2. The monoisotopic (exact) mass is 322 g/mol. The lowest BCUT2D eigenvalue weighted by Gasteiger charge is -2.21. The highest BCUT2D eigenvalue weighted by Gasteiger charge is 2.19. The van der Waals surface area contributed by atoms with Gasteiger partial charge >= 0.3 is 6.03 Å². The van der Waals surface area contributed by atoms with Crippen LogP contribution >= 0.6 is 0 Å². The third-order valence-electron chi connectivity index (χ3n) is 3.55. The largest absolute Gasteiger partial charge is 0.481 e. The first-order valence-corrected chi connectivity index (χ1v) is 7.48. The number of rotatable bonds is 4. The Morgan fingerprint density at radius 2 is 2.13 bits per heavy atom. The molecule has 0 bridgehead atoms. The minimum absolute atomic E-state index is 0.195. The molecule has 0 spiro atoms. The van der Waals surface area contributed by atoms with Gasteiger partial charge in [-0.1, -0.05) is 0 Å². The van der Waals surface area contributed by atoms with Crippen LogP contribution in [0.5, 0.6) is 5.88 Å². The van der Waals surface area contributed by atoms with Crippen molar-refractivity contribution < 1.29 is 14.3 Å². The maximum Gasteiger partial charge on any atom is 0.321 e. The van der Waals surface area contributed by atoms with E-state index < -0.39 is 6.03 Å². The van der Waals surface area contributed by atoms with Crippen molar-refractivity contribution in [2.45, 2.75) is 6.42 Å². The highest BCUT2D eigenvalue weighted by molar-refractivity contribution is 5.95. The summed E-state index contributed by atoms with van der Waals surface area (Å²) in [6, 6.07) is 1.22. The van der Waals surface area contributed by atoms with Crippen molar-refractivity contribution in [3.8, 4) is 5.88 Å². The van der Waals surface area contributed by atoms with Gasteiger partial charge in [0.25, 0.3) is 0 Å². The van der Waals surface area contributed by atoms with Crippen molar-refractivity contribution in [3.05, 3.63) is 12.3 Å². The molecule has 126 valence electrons. The van der Waals surface area contributed by atoms with Crippen molar-refractivity contribution in [1.29, 1.82) is 0 Å². The van der Waals surface area contributed by atoms with Crippen LogP contribution in [-0.4, -0.2) is 73.7 Å². The zero-order valence-electron chi connectivity index (χ0n) is 13.4. The number of urea groups is 1. The lowest BCUT2D eigenvalue weighted by atomic mass is 10.4. The number of hydrogen-bond donors (Lipinski definition) is 2. The summed E-state index contributed by atoms with van der Waals surface area (Å²) in [5, 5.41) is 4.63. The topological polar surface area (TPSA) is 99.7 Å². The van der Waals surface area contributed by atoms with E-state index in [4.69, 9.17) is 4.74 Å². The van der Waals surface area contributed by atoms with Crippen LogP contribution in [0.4, 0.5) is 10.7 Å². The van der Waals surface area contributed by atoms with E-state index in [1.807, 2.05) is 4.90 Å². The second-order valence-corrected chi connectivity index (χ2v) is 5.14. The second kappa shape index (κ2) is 8.28. The van der Waals surface area contributed by atoms with Crippen molar-refractivity contribution >= 4 is 17.9 Å². The maximum atomic E-state index is 11.8. The van der Waals surface area contributed by atoms with E-state index >= 15 is 0 Å². The van der Waals surface area contributed by atoms with Crippen LogP contribution in [0.3, 0.4) is 0 Å². The molecule has 1 aromatic rings. The third kappa shape index (κ3) is 5.06. The molecule has 9 heteroatoms. The predicted octanol–water partition coefficient (Wildman–Crippen LogP) is -0.547. The SMILES string of the molecule is CNC(=O)NC(=O)CN1CCCN(c2nccc(OC)n2)CC1. The third-order valence-corrected chi connectivity index (χ3v) is 3.55. The van der Waals surface area contributed by atoms with Crippen LogP contribution in [0.15, 0.2) is 12.3 Å². The van der Waals surface area contributed by atoms with Crippen molar-refractivity contribution in [3.63, 3.8) is 0 Å². The van der Waals surface area contributed by atoms with E-state index in [9.17, 15) is 9.59 Å². The van der Waals surface area contributed by atoms with Crippen LogP contribution in [0.1, 0.15) is 6.42 Å². The van der Waals surface area contributed by atoms with Gasteiger partial charge in [0, 0.05) is 45.5 Å². The number of methoxy groups -OCH3 is 1. The number of aromatic nitrogens is 2. The minimum Gasteiger partial charge on any atom is -0.481 e. The van der Waals surface area contributed by atoms with Gasteiger partial charge in [0.15, 0.2) is 0 Å². The predicted molar refractivity (Wildman–Crippen MR) is 84.5 cm³/mol. The molecule has 1 aromatic heterocycles. The normalized spacial score (nSPS) is 15.7. The number of nitrogens with one attached hydrogen (secondary N) is 2. The highest BCUT2D eigenvalue weighted by atomic mass is 16.5. The number of carbonyl (C=O) groups is 2. The molecule has 0 aliphatic carbocycles. The van der Waals surface area contributed by atoms with Gasteiger partial charge in [0.2, 0.25) is 17.7 Å². The Kier molecular flexibility index (Phi) is 6.10. The summed E-state index contributed by atoms with van der Waals surface area (Å²) in [7, 11) is 3.04. The molecule has 1 aliphatic heterocycles. The first kappa shape index (κ1) is 16.9. The van der Waals surface area contributed by atoms with Crippen LogP contribution < -0.4 is 20.3 Å². The van der Waals surface area contributed by atoms with Gasteiger partial charge in [0.1, 0.15) is 0 Å². The molecule has 0 saturated carbocycles. The molecule has 2 N–H and O–H groups in total. The molecule has 2 heterocycles. The van der Waals surface area contributed by atoms with Crippen LogP contribution in [0.2, 0.25) is 0 Å². The Hall–Kier alpha value is -2.42. The molecule has 1 saturated heterocycles. The Balaban J connectivity index is 1.89. The van der Waals surface area contributed by atoms with Crippen molar-refractivity contribution in [2.24, 2.45) is 0 Å². The average Bonchev–Trinajstić information content (AvgIpc) is 2.80. The van der Waals surface area contributed by atoms with E-state index in [-0.39, 0.29) is 12.5 Å². The molecule has 1 fully saturated rings. The molecule has 0 unspecified atom stereocenters. The van der Waals surface area contributed by atoms with E-state index in [0.717, 1.165) is 19.5 Å². The van der Waals surface area contributed by atoms with Crippen LogP contribution in [0, 0.1) is 0 Å². The van der Waals surface area contributed by atoms with Crippen LogP contribution in [-0.2, 0) is 4.79 Å². The van der Waals surface area contributed by atoms with Crippen molar-refractivity contribution in [2.75, 3.05) is 51.8 Å². The standard InChI is InChI=1S/C14H22N6O3/c1-15-14(22)17-11(21)10-19-6-3-7-20(9-8-19)13-16-5-4-12(18-13)23-2/h4-5H,3,6-10H2,1-2H3,(H2,15,17,21,22). The zero-order valence-corrected chi connectivity index (χ0v) is 13.4. The summed E-state index contributed by atoms with van der Waals surface area (Å²) in [5.41, 5.74) is 0. The number of imide groups is 1. The van der Waals surface area contributed by atoms with Gasteiger partial charge < -0.3 is 15.0 Å². The molecule has 3 amide bonds. The summed E-state index contributed by atoms with van der Waals surface area (Å²) in [5.74, 6) is 0.845. The smallest absolute Gasteiger partial charge is 0.321 e. The molecular weight excluding hydrogens is 300 g/mol. The molecule has 23 heavy (non-hydrogen) atoms. The van der Waals surface area contributed by atoms with E-state index in [0.29, 0.717) is 24.9 Å². The zero-order chi connectivity index (χ0) is 16.7. The van der Waals surface area contributed by atoms with Gasteiger partial charge in [-0.05, 0) is 6.42 Å². The number of ether oxygens (including phenoxy) is 1. The van der Waals surface area contributed by atoms with Gasteiger partial charge in [-0.25, -0.2) is 9.78 Å². The fourth-order valence-electron chi connectivity index (χ4n) is 2.36. The lowest BCUT2D eigenvalue weighted by molar-refractivity contribution is -0.121. The first-order chi connectivity index (χ1) is 11.1. The van der Waals surface area contributed by atoms with Crippen molar-refractivity contribution in [1.82, 2.24) is 25.5 Å². The molecule has 0 aromatic carbocycles. The number of amides is 3. The van der Waals surface area contributed by atoms with E-state index in [1.54, 1.807) is 19.4 Å². The Bertz CT molecular complexity index is 553. The fraction of sp³-hybridized carbons (Fsp3) is 0.571. The summed E-state index contributed by atoms with van der Waals surface area (Å²) in [6.07, 6.45) is 2.55. The molecule has 0 radical (unpaired) electrons. The minimum atomic E-state index is -0.490. The average molecular weight is 322 g/mol. The Labute approximate surface area is 135 Å². The summed E-state index contributed by atoms with van der Waals surface area (Å²) in [4.78, 5) is 35.6. The molecular formula is C14H22N6O3. The lowest BCUT2D eigenvalue weighted by Crippen LogP contribution is -2.44. The van der Waals surface area contributed by atoms with Gasteiger partial charge in [-0.3, -0.25) is 15.0 Å². The molecule has 1 aliphatic rings. The van der Waals surface area contributed by atoms with Gasteiger partial charge in [-0.15, -0.1) is 0 Å². The van der Waals surface area contributed by atoms with Gasteiger partial charge in [0.05, 0.1) is 13.7 Å². The summed E-state index contributed by atoms with van der Waals surface area (Å²) < 4.78 is 5.12. The quantitative estimate of drug-likeness (QED) is 0.767. The first-order valence-electron chi connectivity index (χ1n) is 7.48. The Morgan fingerprint density at radius 3 is 2.87 bits per heavy atom. The summed E-state index contributed by atoms with van der Waals surface area (Å²) >= 11 is 0. The van der Waals surface area contributed by atoms with Crippen LogP contribution in [0.25, 0.3) is 0 Å². The second-order valence-electron chi connectivity index (χ2n) is 5.14. The van der Waals surface area contributed by atoms with Gasteiger partial charge in [-0.2, -0.15) is 4.98 Å². The van der Waals surface area contributed by atoms with E-state index in [2.05, 4.69) is 25.5 Å². The number of hydrogen-bond acceptors (Lipinski definition) is 7. The Morgan fingerprint density at radius 1 is 1.30 bits per heavy atom. The maximum absolute atomic E-state index is 11.8.